The molecule has 4 aromatic rings. The van der Waals surface area contributed by atoms with E-state index in [4.69, 9.17) is 21.7 Å². The minimum atomic E-state index is 0.695. The summed E-state index contributed by atoms with van der Waals surface area (Å²) in [6.07, 6.45) is 0. The van der Waals surface area contributed by atoms with Crippen LogP contribution in [0.3, 0.4) is 0 Å². The predicted molar refractivity (Wildman–Crippen MR) is 110 cm³/mol. The molecular weight excluding hydrogens is 479 g/mol. The van der Waals surface area contributed by atoms with Gasteiger partial charge in [0.15, 0.2) is 0 Å². The van der Waals surface area contributed by atoms with Gasteiger partial charge in [-0.25, -0.2) is 0 Å². The lowest BCUT2D eigenvalue weighted by molar-refractivity contribution is -0.613. The summed E-state index contributed by atoms with van der Waals surface area (Å²) in [6.45, 7) is 4.04. The van der Waals surface area contributed by atoms with Crippen molar-refractivity contribution in [3.05, 3.63) is 73.9 Å². The Bertz CT molecular complexity index is 1120. The molecule has 0 unspecified atom stereocenters. The van der Waals surface area contributed by atoms with Gasteiger partial charge in [0.05, 0.1) is 4.47 Å². The summed E-state index contributed by atoms with van der Waals surface area (Å²) in [5, 5.41) is 5.57. The molecule has 0 atom stereocenters. The van der Waals surface area contributed by atoms with Crippen LogP contribution < -0.4 is 4.52 Å². The molecule has 130 valence electrons. The molecule has 0 aliphatic carbocycles. The lowest BCUT2D eigenvalue weighted by Gasteiger charge is -2.03. The second-order valence-electron chi connectivity index (χ2n) is 5.95. The zero-order valence-electron chi connectivity index (χ0n) is 14.0. The van der Waals surface area contributed by atoms with E-state index < -0.39 is 0 Å². The van der Waals surface area contributed by atoms with Gasteiger partial charge in [-0.15, -0.1) is 9.50 Å². The van der Waals surface area contributed by atoms with Gasteiger partial charge in [-0.1, -0.05) is 32.3 Å². The number of fused-ring (bicyclic) bond motifs is 1. The van der Waals surface area contributed by atoms with Crippen molar-refractivity contribution in [3.8, 4) is 16.9 Å². The summed E-state index contributed by atoms with van der Waals surface area (Å²) in [4.78, 5) is 6.66. The fourth-order valence-corrected chi connectivity index (χ4v) is 3.53. The molecule has 26 heavy (non-hydrogen) atoms. The summed E-state index contributed by atoms with van der Waals surface area (Å²) >= 11 is 13.2. The predicted octanol–water partition coefficient (Wildman–Crippen LogP) is 5.47. The van der Waals surface area contributed by atoms with E-state index in [0.29, 0.717) is 5.02 Å². The van der Waals surface area contributed by atoms with E-state index in [9.17, 15) is 0 Å². The number of halogens is 3. The molecule has 0 aliphatic heterocycles. The van der Waals surface area contributed by atoms with Crippen molar-refractivity contribution in [2.24, 2.45) is 0 Å². The summed E-state index contributed by atoms with van der Waals surface area (Å²) in [6, 6.07) is 15.7. The van der Waals surface area contributed by atoms with Crippen molar-refractivity contribution >= 4 is 49.1 Å². The Morgan fingerprint density at radius 1 is 0.962 bits per heavy atom. The first-order chi connectivity index (χ1) is 12.5. The molecule has 2 heterocycles. The highest BCUT2D eigenvalue weighted by Gasteiger charge is 2.27. The number of rotatable bonds is 2. The summed E-state index contributed by atoms with van der Waals surface area (Å²) < 4.78 is 4.01. The molecule has 0 fully saturated rings. The number of hydrogen-bond acceptors (Lipinski definition) is 2. The van der Waals surface area contributed by atoms with Gasteiger partial charge in [0.1, 0.15) is 17.1 Å². The Hall–Kier alpha value is -1.76. The normalized spacial score (nSPS) is 11.3. The monoisotopic (exact) mass is 491 g/mol. The van der Waals surface area contributed by atoms with Crippen molar-refractivity contribution in [3.63, 3.8) is 0 Å². The molecule has 0 aliphatic rings. The average Bonchev–Trinajstić information content (AvgIpc) is 3.00. The highest BCUT2D eigenvalue weighted by molar-refractivity contribution is 9.10. The molecule has 0 saturated carbocycles. The Morgan fingerprint density at radius 2 is 1.62 bits per heavy atom. The molecule has 0 spiro atoms. The molecule has 4 nitrogen and oxygen atoms in total. The number of benzene rings is 2. The van der Waals surface area contributed by atoms with E-state index in [-0.39, 0.29) is 0 Å². The van der Waals surface area contributed by atoms with Gasteiger partial charge < -0.3 is 0 Å². The molecule has 0 radical (unpaired) electrons. The van der Waals surface area contributed by atoms with E-state index in [0.717, 1.165) is 42.9 Å². The van der Waals surface area contributed by atoms with Crippen molar-refractivity contribution in [1.82, 2.24) is 14.9 Å². The largest absolute Gasteiger partial charge is 0.331 e. The minimum absolute atomic E-state index is 0.695. The van der Waals surface area contributed by atoms with Crippen LogP contribution in [0.25, 0.3) is 22.6 Å². The third kappa shape index (κ3) is 2.96. The van der Waals surface area contributed by atoms with Crippen LogP contribution in [0.15, 0.2) is 57.5 Å². The first-order valence-electron chi connectivity index (χ1n) is 7.95. The molecule has 0 N–H and O–H groups in total. The van der Waals surface area contributed by atoms with E-state index in [1.54, 1.807) is 0 Å². The standard InChI is InChI=1S/C19H14Br2ClN4/c1-11-17(21)12(2)25-19(23-11)18(13-3-7-15(22)8-4-13)24-26(25)16-9-5-14(20)6-10-16/h3-10H,1-2H3/q+1. The van der Waals surface area contributed by atoms with Crippen molar-refractivity contribution in [2.75, 3.05) is 0 Å². The van der Waals surface area contributed by atoms with Crippen LogP contribution in [0.4, 0.5) is 0 Å². The van der Waals surface area contributed by atoms with Crippen LogP contribution in [0, 0.1) is 13.8 Å². The van der Waals surface area contributed by atoms with Crippen LogP contribution in [0.2, 0.25) is 5.02 Å². The maximum Gasteiger partial charge on any atom is 0.331 e. The number of aromatic nitrogens is 4. The first-order valence-corrected chi connectivity index (χ1v) is 9.92. The van der Waals surface area contributed by atoms with Crippen molar-refractivity contribution < 1.29 is 4.52 Å². The Labute approximate surface area is 172 Å². The fraction of sp³-hybridized carbons (Fsp3) is 0.105. The summed E-state index contributed by atoms with van der Waals surface area (Å²) in [5.41, 5.74) is 5.48. The van der Waals surface area contributed by atoms with Crippen LogP contribution in [0.1, 0.15) is 11.4 Å². The highest BCUT2D eigenvalue weighted by atomic mass is 79.9. The number of nitrogens with zero attached hydrogens (tertiary/aromatic N) is 4. The van der Waals surface area contributed by atoms with Gasteiger partial charge in [0, 0.05) is 15.1 Å². The zero-order chi connectivity index (χ0) is 18.4. The van der Waals surface area contributed by atoms with Crippen LogP contribution >= 0.6 is 43.5 Å². The van der Waals surface area contributed by atoms with E-state index >= 15 is 0 Å². The second kappa shape index (κ2) is 6.76. The van der Waals surface area contributed by atoms with Gasteiger partial charge in [-0.05, 0) is 83.4 Å². The summed E-state index contributed by atoms with van der Waals surface area (Å²) in [7, 11) is 0. The number of aryl methyl sites for hydroxylation is 2. The SMILES string of the molecule is Cc1nc2c(-c3ccc(Cl)cc3)nn(-c3ccc(Br)cc3)[n+]2c(C)c1Br. The number of hydrogen-bond donors (Lipinski definition) is 0. The first kappa shape index (κ1) is 17.6. The van der Waals surface area contributed by atoms with E-state index in [1.807, 2.05) is 64.8 Å². The lowest BCUT2D eigenvalue weighted by Crippen LogP contribution is -2.37. The fourth-order valence-electron chi connectivity index (χ4n) is 2.88. The Balaban J connectivity index is 2.07. The highest BCUT2D eigenvalue weighted by Crippen LogP contribution is 2.26. The average molecular weight is 494 g/mol. The maximum absolute atomic E-state index is 6.05. The van der Waals surface area contributed by atoms with E-state index in [2.05, 4.69) is 38.8 Å². The minimum Gasteiger partial charge on any atom is -0.122 e. The quantitative estimate of drug-likeness (QED) is 0.347. The van der Waals surface area contributed by atoms with Crippen LogP contribution in [-0.2, 0) is 0 Å². The van der Waals surface area contributed by atoms with Crippen LogP contribution in [0.5, 0.6) is 0 Å². The molecule has 0 saturated heterocycles. The molecular formula is C19H14Br2ClN4+. The Kier molecular flexibility index (Phi) is 4.59. The second-order valence-corrected chi connectivity index (χ2v) is 8.10. The smallest absolute Gasteiger partial charge is 0.122 e. The molecule has 0 bridgehead atoms. The molecule has 0 amide bonds. The van der Waals surface area contributed by atoms with Gasteiger partial charge in [-0.2, -0.15) is 0 Å². The van der Waals surface area contributed by atoms with Crippen LogP contribution in [-0.4, -0.2) is 14.9 Å². The third-order valence-corrected chi connectivity index (χ3v) is 6.13. The maximum atomic E-state index is 6.05. The molecule has 4 rings (SSSR count). The lowest BCUT2D eigenvalue weighted by atomic mass is 10.1. The Morgan fingerprint density at radius 3 is 2.27 bits per heavy atom. The van der Waals surface area contributed by atoms with Gasteiger partial charge in [-0.3, -0.25) is 0 Å². The van der Waals surface area contributed by atoms with Crippen molar-refractivity contribution in [1.29, 1.82) is 0 Å². The zero-order valence-corrected chi connectivity index (χ0v) is 18.0. The summed E-state index contributed by atoms with van der Waals surface area (Å²) in [5.74, 6) is 0. The third-order valence-electron chi connectivity index (χ3n) is 4.20. The van der Waals surface area contributed by atoms with Crippen molar-refractivity contribution in [2.45, 2.75) is 13.8 Å². The van der Waals surface area contributed by atoms with E-state index in [1.165, 1.54) is 0 Å². The van der Waals surface area contributed by atoms with Gasteiger partial charge in [0.2, 0.25) is 5.69 Å². The molecule has 2 aromatic heterocycles. The molecule has 7 heteroatoms. The van der Waals surface area contributed by atoms with Gasteiger partial charge >= 0.3 is 5.65 Å². The molecule has 2 aromatic carbocycles. The van der Waals surface area contributed by atoms with Gasteiger partial charge in [0.25, 0.3) is 0 Å². The topological polar surface area (TPSA) is 34.8 Å².